The summed E-state index contributed by atoms with van der Waals surface area (Å²) in [5.41, 5.74) is 0.638. The topological polar surface area (TPSA) is 0 Å². The Morgan fingerprint density at radius 2 is 1.86 bits per heavy atom. The molecule has 1 fully saturated rings. The molecular weight excluding hydrogens is 168 g/mol. The fourth-order valence-corrected chi connectivity index (χ4v) is 2.71. The van der Waals surface area contributed by atoms with Gasteiger partial charge in [0.2, 0.25) is 0 Å². The lowest BCUT2D eigenvalue weighted by Crippen LogP contribution is -2.09. The van der Waals surface area contributed by atoms with Crippen molar-refractivity contribution in [2.45, 2.75) is 78.6 Å². The van der Waals surface area contributed by atoms with Crippen LogP contribution in [0, 0.1) is 11.3 Å². The van der Waals surface area contributed by atoms with Crippen LogP contribution in [0.1, 0.15) is 78.6 Å². The molecular formula is C14H28. The first kappa shape index (κ1) is 12.1. The third kappa shape index (κ3) is 4.48. The average molecular weight is 196 g/mol. The van der Waals surface area contributed by atoms with Crippen LogP contribution in [-0.2, 0) is 0 Å². The Bertz CT molecular complexity index is 146. The second-order valence-electron chi connectivity index (χ2n) is 5.96. The Morgan fingerprint density at radius 1 is 1.07 bits per heavy atom. The molecule has 0 aromatic heterocycles. The lowest BCUT2D eigenvalue weighted by atomic mass is 9.84. The summed E-state index contributed by atoms with van der Waals surface area (Å²) in [6.07, 6.45) is 13.2. The van der Waals surface area contributed by atoms with E-state index in [0.29, 0.717) is 5.41 Å². The van der Waals surface area contributed by atoms with Crippen molar-refractivity contribution in [3.8, 4) is 0 Å². The van der Waals surface area contributed by atoms with Gasteiger partial charge in [-0.05, 0) is 30.6 Å². The quantitative estimate of drug-likeness (QED) is 0.429. The van der Waals surface area contributed by atoms with E-state index >= 15 is 0 Å². The highest BCUT2D eigenvalue weighted by molar-refractivity contribution is 4.76. The minimum atomic E-state index is 0.638. The summed E-state index contributed by atoms with van der Waals surface area (Å²) in [4.78, 5) is 0. The lowest BCUT2D eigenvalue weighted by Gasteiger charge is -2.21. The molecule has 84 valence electrons. The van der Waals surface area contributed by atoms with Crippen molar-refractivity contribution in [1.82, 2.24) is 0 Å². The summed E-state index contributed by atoms with van der Waals surface area (Å²) in [6.45, 7) is 7.19. The van der Waals surface area contributed by atoms with Gasteiger partial charge in [-0.2, -0.15) is 0 Å². The standard InChI is InChI=1S/C14H28/c1-4-5-6-8-13-9-7-11-14(2,3)12-10-13/h13H,4-12H2,1-3H3. The molecule has 0 heteroatoms. The maximum absolute atomic E-state index is 2.45. The van der Waals surface area contributed by atoms with Crippen molar-refractivity contribution in [2.75, 3.05) is 0 Å². The molecule has 1 atom stereocenters. The van der Waals surface area contributed by atoms with E-state index in [4.69, 9.17) is 0 Å². The zero-order valence-electron chi connectivity index (χ0n) is 10.4. The third-order valence-electron chi connectivity index (χ3n) is 3.91. The molecule has 1 aliphatic rings. The molecule has 0 saturated heterocycles. The number of hydrogen-bond acceptors (Lipinski definition) is 0. The van der Waals surface area contributed by atoms with Crippen LogP contribution in [0.2, 0.25) is 0 Å². The minimum absolute atomic E-state index is 0.638. The fraction of sp³-hybridized carbons (Fsp3) is 1.00. The highest BCUT2D eigenvalue weighted by Crippen LogP contribution is 2.37. The van der Waals surface area contributed by atoms with Gasteiger partial charge in [0.1, 0.15) is 0 Å². The van der Waals surface area contributed by atoms with E-state index in [0.717, 1.165) is 5.92 Å². The van der Waals surface area contributed by atoms with Crippen LogP contribution in [0.25, 0.3) is 0 Å². The molecule has 0 radical (unpaired) electrons. The van der Waals surface area contributed by atoms with Crippen molar-refractivity contribution in [1.29, 1.82) is 0 Å². The van der Waals surface area contributed by atoms with E-state index in [2.05, 4.69) is 20.8 Å². The first-order valence-corrected chi connectivity index (χ1v) is 6.64. The van der Waals surface area contributed by atoms with Crippen LogP contribution in [0.5, 0.6) is 0 Å². The molecule has 0 aromatic rings. The van der Waals surface area contributed by atoms with Gasteiger partial charge >= 0.3 is 0 Å². The van der Waals surface area contributed by atoms with Gasteiger partial charge in [0.15, 0.2) is 0 Å². The largest absolute Gasteiger partial charge is 0.0654 e. The van der Waals surface area contributed by atoms with E-state index in [1.165, 1.54) is 57.8 Å². The molecule has 0 nitrogen and oxygen atoms in total. The monoisotopic (exact) mass is 196 g/mol. The van der Waals surface area contributed by atoms with Gasteiger partial charge in [0, 0.05) is 0 Å². The second-order valence-corrected chi connectivity index (χ2v) is 5.96. The highest BCUT2D eigenvalue weighted by Gasteiger charge is 2.23. The van der Waals surface area contributed by atoms with E-state index in [1.807, 2.05) is 0 Å². The Morgan fingerprint density at radius 3 is 2.57 bits per heavy atom. The van der Waals surface area contributed by atoms with Crippen molar-refractivity contribution in [3.63, 3.8) is 0 Å². The average Bonchev–Trinajstić information content (AvgIpc) is 2.28. The van der Waals surface area contributed by atoms with Crippen LogP contribution < -0.4 is 0 Å². The predicted molar refractivity (Wildman–Crippen MR) is 64.5 cm³/mol. The smallest absolute Gasteiger partial charge is 0.0354 e. The van der Waals surface area contributed by atoms with E-state index in [9.17, 15) is 0 Å². The van der Waals surface area contributed by atoms with E-state index in [1.54, 1.807) is 0 Å². The predicted octanol–water partition coefficient (Wildman–Crippen LogP) is 5.17. The highest BCUT2D eigenvalue weighted by atomic mass is 14.3. The fourth-order valence-electron chi connectivity index (χ4n) is 2.71. The van der Waals surface area contributed by atoms with Gasteiger partial charge in [-0.1, -0.05) is 59.3 Å². The van der Waals surface area contributed by atoms with Gasteiger partial charge in [0.25, 0.3) is 0 Å². The molecule has 0 aromatic carbocycles. The first-order valence-electron chi connectivity index (χ1n) is 6.64. The molecule has 0 heterocycles. The zero-order chi connectivity index (χ0) is 10.4. The van der Waals surface area contributed by atoms with Gasteiger partial charge in [0.05, 0.1) is 0 Å². The van der Waals surface area contributed by atoms with Crippen molar-refractivity contribution in [3.05, 3.63) is 0 Å². The van der Waals surface area contributed by atoms with Crippen LogP contribution in [0.15, 0.2) is 0 Å². The molecule has 1 rings (SSSR count). The molecule has 0 N–H and O–H groups in total. The van der Waals surface area contributed by atoms with Gasteiger partial charge in [-0.25, -0.2) is 0 Å². The Labute approximate surface area is 90.5 Å². The third-order valence-corrected chi connectivity index (χ3v) is 3.91. The Balaban J connectivity index is 2.21. The molecule has 0 spiro atoms. The number of unbranched alkanes of at least 4 members (excludes halogenated alkanes) is 2. The van der Waals surface area contributed by atoms with Crippen LogP contribution in [0.3, 0.4) is 0 Å². The molecule has 0 bridgehead atoms. The van der Waals surface area contributed by atoms with Crippen LogP contribution in [-0.4, -0.2) is 0 Å². The van der Waals surface area contributed by atoms with Crippen LogP contribution in [0.4, 0.5) is 0 Å². The Hall–Kier alpha value is 0. The first-order chi connectivity index (χ1) is 6.64. The second kappa shape index (κ2) is 5.78. The van der Waals surface area contributed by atoms with Crippen molar-refractivity contribution < 1.29 is 0 Å². The molecule has 14 heavy (non-hydrogen) atoms. The summed E-state index contributed by atoms with van der Waals surface area (Å²) in [5, 5.41) is 0. The van der Waals surface area contributed by atoms with Gasteiger partial charge in [-0.15, -0.1) is 0 Å². The summed E-state index contributed by atoms with van der Waals surface area (Å²) >= 11 is 0. The van der Waals surface area contributed by atoms with Crippen molar-refractivity contribution in [2.24, 2.45) is 11.3 Å². The maximum atomic E-state index is 2.45. The van der Waals surface area contributed by atoms with Gasteiger partial charge < -0.3 is 0 Å². The van der Waals surface area contributed by atoms with Gasteiger partial charge in [-0.3, -0.25) is 0 Å². The molecule has 0 aliphatic heterocycles. The molecule has 1 saturated carbocycles. The summed E-state index contributed by atoms with van der Waals surface area (Å²) in [5.74, 6) is 1.06. The normalized spacial score (nSPS) is 27.2. The summed E-state index contributed by atoms with van der Waals surface area (Å²) in [6, 6.07) is 0. The Kier molecular flexibility index (Phi) is 4.98. The molecule has 1 unspecified atom stereocenters. The van der Waals surface area contributed by atoms with Crippen LogP contribution >= 0.6 is 0 Å². The number of rotatable bonds is 4. The van der Waals surface area contributed by atoms with E-state index < -0.39 is 0 Å². The zero-order valence-corrected chi connectivity index (χ0v) is 10.4. The maximum Gasteiger partial charge on any atom is -0.0354 e. The summed E-state index contributed by atoms with van der Waals surface area (Å²) in [7, 11) is 0. The van der Waals surface area contributed by atoms with E-state index in [-0.39, 0.29) is 0 Å². The minimum Gasteiger partial charge on any atom is -0.0654 e. The number of hydrogen-bond donors (Lipinski definition) is 0. The molecule has 1 aliphatic carbocycles. The SMILES string of the molecule is CCCCCC1CCCC(C)(C)CC1. The molecule has 0 amide bonds. The van der Waals surface area contributed by atoms with Crippen molar-refractivity contribution >= 4 is 0 Å². The summed E-state index contributed by atoms with van der Waals surface area (Å²) < 4.78 is 0. The lowest BCUT2D eigenvalue weighted by molar-refractivity contribution is 0.304.